The van der Waals surface area contributed by atoms with Gasteiger partial charge < -0.3 is 21.5 Å². The Morgan fingerprint density at radius 2 is 1.95 bits per heavy atom. The molecule has 0 unspecified atom stereocenters. The van der Waals surface area contributed by atoms with Crippen molar-refractivity contribution < 1.29 is 27.9 Å². The van der Waals surface area contributed by atoms with Crippen molar-refractivity contribution in [3.8, 4) is 10.4 Å². The lowest BCUT2D eigenvalue weighted by atomic mass is 9.78. The number of amides is 2. The van der Waals surface area contributed by atoms with Gasteiger partial charge >= 0.3 is 6.18 Å². The third kappa shape index (κ3) is 6.64. The number of carbonyl (C=O) groups is 2. The van der Waals surface area contributed by atoms with E-state index in [4.69, 9.17) is 5.73 Å². The Bertz CT molecular complexity index is 1320. The molecule has 0 spiro atoms. The fourth-order valence-electron chi connectivity index (χ4n) is 4.35. The molecule has 4 rings (SSSR count). The molecular weight excluding hydrogens is 521 g/mol. The molecule has 2 aromatic heterocycles. The van der Waals surface area contributed by atoms with Gasteiger partial charge in [-0.3, -0.25) is 9.59 Å². The predicted molar refractivity (Wildman–Crippen MR) is 135 cm³/mol. The van der Waals surface area contributed by atoms with Crippen LogP contribution in [0.3, 0.4) is 0 Å². The summed E-state index contributed by atoms with van der Waals surface area (Å²) in [6.07, 6.45) is -0.127. The second-order valence-electron chi connectivity index (χ2n) is 9.32. The number of nitrogens with one attached hydrogen (secondary N) is 2. The Labute approximate surface area is 220 Å². The highest BCUT2D eigenvalue weighted by atomic mass is 32.1. The van der Waals surface area contributed by atoms with Crippen LogP contribution in [0.4, 0.5) is 24.8 Å². The van der Waals surface area contributed by atoms with Crippen molar-refractivity contribution in [1.82, 2.24) is 20.3 Å². The van der Waals surface area contributed by atoms with Crippen molar-refractivity contribution in [2.75, 3.05) is 11.9 Å². The van der Waals surface area contributed by atoms with Gasteiger partial charge in [0.05, 0.1) is 4.88 Å². The van der Waals surface area contributed by atoms with Crippen LogP contribution in [-0.4, -0.2) is 38.4 Å². The summed E-state index contributed by atoms with van der Waals surface area (Å²) < 4.78 is 39.0. The van der Waals surface area contributed by atoms with Crippen LogP contribution < -0.4 is 16.4 Å². The number of nitrogens with two attached hydrogens (primary N) is 1. The summed E-state index contributed by atoms with van der Waals surface area (Å²) in [5.74, 6) is -1.07. The summed E-state index contributed by atoms with van der Waals surface area (Å²) in [6.45, 7) is 2.05. The van der Waals surface area contributed by atoms with Gasteiger partial charge in [-0.15, -0.1) is 11.3 Å². The van der Waals surface area contributed by atoms with E-state index in [1.807, 2.05) is 13.0 Å². The Hall–Kier alpha value is -3.58. The zero-order valence-electron chi connectivity index (χ0n) is 20.5. The van der Waals surface area contributed by atoms with Crippen LogP contribution in [0.2, 0.25) is 0 Å². The number of alkyl halides is 3. The summed E-state index contributed by atoms with van der Waals surface area (Å²) in [5, 5.41) is 17.4. The Morgan fingerprint density at radius 3 is 2.63 bits per heavy atom. The number of rotatable bonds is 8. The van der Waals surface area contributed by atoms with E-state index in [-0.39, 0.29) is 30.7 Å². The number of aromatic nitrogens is 3. The van der Waals surface area contributed by atoms with Gasteiger partial charge in [-0.05, 0) is 61.9 Å². The lowest BCUT2D eigenvalue weighted by molar-refractivity contribution is -0.141. The van der Waals surface area contributed by atoms with E-state index < -0.39 is 23.4 Å². The molecule has 0 bridgehead atoms. The summed E-state index contributed by atoms with van der Waals surface area (Å²) in [4.78, 5) is 35.9. The van der Waals surface area contributed by atoms with Crippen LogP contribution >= 0.6 is 11.3 Å². The summed E-state index contributed by atoms with van der Waals surface area (Å²) in [7, 11) is 0. The molecule has 0 saturated heterocycles. The number of anilines is 2. The smallest absolute Gasteiger partial charge is 0.383 e. The molecule has 1 aromatic carbocycles. The number of hydrogen-bond acceptors (Lipinski definition) is 8. The number of aryl methyl sites for hydroxylation is 1. The Balaban J connectivity index is 1.45. The zero-order valence-corrected chi connectivity index (χ0v) is 21.3. The highest BCUT2D eigenvalue weighted by molar-refractivity contribution is 7.15. The fourth-order valence-corrected chi connectivity index (χ4v) is 5.40. The third-order valence-electron chi connectivity index (χ3n) is 6.32. The second-order valence-corrected chi connectivity index (χ2v) is 10.3. The maximum absolute atomic E-state index is 13.0. The van der Waals surface area contributed by atoms with E-state index in [2.05, 4.69) is 25.6 Å². The standard InChI is InChI=1S/C25H27F3N6O3S/c1-14-10-16(12-17(11-14)33-23-31-8-4-19(34-23)25(26,27)28)18-13-32-22(38-18)24(37)6-2-15(3-7-24)21(36)30-9-5-20(29)35/h4,8,10-13,15,37H,2-3,5-7,9H2,1H3,(H2,29,35)(H,30,36)(H,31,33,34)/t15-,24-. The molecular formula is C25H27F3N6O3S. The number of aliphatic hydroxyl groups is 1. The van der Waals surface area contributed by atoms with Gasteiger partial charge in [-0.1, -0.05) is 6.07 Å². The van der Waals surface area contributed by atoms with Crippen LogP contribution in [0.1, 0.15) is 48.4 Å². The summed E-state index contributed by atoms with van der Waals surface area (Å²) >= 11 is 1.33. The van der Waals surface area contributed by atoms with Gasteiger partial charge in [-0.2, -0.15) is 13.2 Å². The van der Waals surface area contributed by atoms with Crippen molar-refractivity contribution >= 4 is 34.8 Å². The molecule has 13 heteroatoms. The monoisotopic (exact) mass is 548 g/mol. The molecule has 2 amide bonds. The molecule has 5 N–H and O–H groups in total. The minimum Gasteiger partial charge on any atom is -0.383 e. The van der Waals surface area contributed by atoms with Crippen LogP contribution in [0.25, 0.3) is 10.4 Å². The quantitative estimate of drug-likeness (QED) is 0.333. The van der Waals surface area contributed by atoms with E-state index in [9.17, 15) is 27.9 Å². The average molecular weight is 549 g/mol. The molecule has 1 fully saturated rings. The van der Waals surface area contributed by atoms with Crippen molar-refractivity contribution in [3.63, 3.8) is 0 Å². The maximum atomic E-state index is 13.0. The largest absolute Gasteiger partial charge is 0.433 e. The summed E-state index contributed by atoms with van der Waals surface area (Å²) in [5.41, 5.74) is 5.03. The van der Waals surface area contributed by atoms with Crippen molar-refractivity contribution in [1.29, 1.82) is 0 Å². The number of thiazole rings is 1. The lowest BCUT2D eigenvalue weighted by Gasteiger charge is -2.33. The van der Waals surface area contributed by atoms with Crippen LogP contribution in [0.5, 0.6) is 0 Å². The van der Waals surface area contributed by atoms with Gasteiger partial charge in [0.1, 0.15) is 16.3 Å². The average Bonchev–Trinajstić information content (AvgIpc) is 3.35. The van der Waals surface area contributed by atoms with Crippen LogP contribution in [-0.2, 0) is 21.4 Å². The summed E-state index contributed by atoms with van der Waals surface area (Å²) in [6, 6.07) is 6.23. The molecule has 1 aliphatic rings. The Morgan fingerprint density at radius 1 is 1.21 bits per heavy atom. The van der Waals surface area contributed by atoms with E-state index in [0.29, 0.717) is 36.4 Å². The lowest BCUT2D eigenvalue weighted by Crippen LogP contribution is -2.39. The number of hydrogen-bond donors (Lipinski definition) is 4. The SMILES string of the molecule is Cc1cc(Nc2nccc(C(F)(F)F)n2)cc(-c2cnc([C@]3(O)CC[C@H](C(=O)NCCC(N)=O)CC3)s2)c1. The number of halogens is 3. The molecule has 3 aromatic rings. The molecule has 0 aliphatic heterocycles. The van der Waals surface area contributed by atoms with Crippen molar-refractivity contribution in [3.05, 3.63) is 52.9 Å². The highest BCUT2D eigenvalue weighted by Gasteiger charge is 2.39. The third-order valence-corrected chi connectivity index (χ3v) is 7.56. The van der Waals surface area contributed by atoms with Crippen molar-refractivity contribution in [2.24, 2.45) is 11.7 Å². The van der Waals surface area contributed by atoms with Gasteiger partial charge in [0.15, 0.2) is 0 Å². The van der Waals surface area contributed by atoms with Gasteiger partial charge in [-0.25, -0.2) is 15.0 Å². The van der Waals surface area contributed by atoms with Crippen LogP contribution in [0.15, 0.2) is 36.7 Å². The normalized spacial score (nSPS) is 19.7. The molecule has 1 saturated carbocycles. The maximum Gasteiger partial charge on any atom is 0.433 e. The molecule has 0 radical (unpaired) electrons. The van der Waals surface area contributed by atoms with E-state index in [0.717, 1.165) is 28.3 Å². The molecule has 9 nitrogen and oxygen atoms in total. The first-order valence-corrected chi connectivity index (χ1v) is 12.8. The molecule has 0 atom stereocenters. The van der Waals surface area contributed by atoms with Gasteiger partial charge in [0, 0.05) is 37.0 Å². The minimum absolute atomic E-state index is 0.0768. The predicted octanol–water partition coefficient (Wildman–Crippen LogP) is 4.04. The molecule has 38 heavy (non-hydrogen) atoms. The second kappa shape index (κ2) is 11.0. The van der Waals surface area contributed by atoms with Crippen molar-refractivity contribution in [2.45, 2.75) is 50.8 Å². The first-order chi connectivity index (χ1) is 17.9. The first-order valence-electron chi connectivity index (χ1n) is 12.0. The van der Waals surface area contributed by atoms with E-state index in [1.165, 1.54) is 11.3 Å². The fraction of sp³-hybridized carbons (Fsp3) is 0.400. The molecule has 2 heterocycles. The van der Waals surface area contributed by atoms with Gasteiger partial charge in [0.25, 0.3) is 0 Å². The number of primary amides is 1. The van der Waals surface area contributed by atoms with Gasteiger partial charge in [0.2, 0.25) is 17.8 Å². The highest BCUT2D eigenvalue weighted by Crippen LogP contribution is 2.43. The minimum atomic E-state index is -4.58. The van der Waals surface area contributed by atoms with E-state index in [1.54, 1.807) is 18.3 Å². The van der Waals surface area contributed by atoms with E-state index >= 15 is 0 Å². The molecule has 1 aliphatic carbocycles. The number of nitrogens with zero attached hydrogens (tertiary/aromatic N) is 3. The number of benzene rings is 1. The first kappa shape index (κ1) is 27.5. The van der Waals surface area contributed by atoms with Crippen LogP contribution in [0, 0.1) is 12.8 Å². The number of carbonyl (C=O) groups excluding carboxylic acids is 2. The molecule has 202 valence electrons. The zero-order chi connectivity index (χ0) is 27.5. The Kier molecular flexibility index (Phi) is 7.97. The topological polar surface area (TPSA) is 143 Å².